The number of carbonyl (C=O) groups is 2. The zero-order valence-electron chi connectivity index (χ0n) is 21.0. The highest BCUT2D eigenvalue weighted by Crippen LogP contribution is 2.21. The van der Waals surface area contributed by atoms with Crippen molar-refractivity contribution >= 4 is 47.0 Å². The molecule has 38 heavy (non-hydrogen) atoms. The molecule has 0 aromatic heterocycles. The van der Waals surface area contributed by atoms with Crippen LogP contribution in [0.2, 0.25) is 0 Å². The van der Waals surface area contributed by atoms with Crippen LogP contribution in [-0.4, -0.2) is 26.2 Å². The Morgan fingerprint density at radius 3 is 1.29 bits per heavy atom. The molecule has 0 saturated heterocycles. The third kappa shape index (κ3) is 7.34. The quantitative estimate of drug-likeness (QED) is 0.191. The third-order valence-electron chi connectivity index (χ3n) is 5.63. The molecule has 4 rings (SSSR count). The average Bonchev–Trinajstić information content (AvgIpc) is 2.97. The van der Waals surface area contributed by atoms with Gasteiger partial charge in [0.05, 0.1) is 14.2 Å². The minimum Gasteiger partial charge on any atom is -0.459 e. The van der Waals surface area contributed by atoms with Crippen molar-refractivity contribution in [1.82, 2.24) is 0 Å². The Morgan fingerprint density at radius 2 is 0.895 bits per heavy atom. The van der Waals surface area contributed by atoms with Crippen LogP contribution in [0.15, 0.2) is 84.9 Å². The van der Waals surface area contributed by atoms with Gasteiger partial charge in [0, 0.05) is 23.0 Å². The van der Waals surface area contributed by atoms with Crippen LogP contribution < -0.4 is 0 Å². The van der Waals surface area contributed by atoms with Gasteiger partial charge in [-0.3, -0.25) is 0 Å². The van der Waals surface area contributed by atoms with Crippen molar-refractivity contribution in [2.45, 2.75) is 0 Å². The first-order chi connectivity index (χ1) is 18.5. The van der Waals surface area contributed by atoms with Gasteiger partial charge in [-0.05, 0) is 69.4 Å². The smallest absolute Gasteiger partial charge is 0.384 e. The van der Waals surface area contributed by atoms with Crippen molar-refractivity contribution in [3.05, 3.63) is 118 Å². The molecule has 4 nitrogen and oxygen atoms in total. The lowest BCUT2D eigenvalue weighted by Crippen LogP contribution is -1.94. The SMILES string of the molecule is COC(=O)C#Cc1ccc(/C=C\c2ccc3ccc(/C=C\c4ccc(C#CC(=O)OC)cc4)cc3c2)cc1. The maximum Gasteiger partial charge on any atom is 0.384 e. The van der Waals surface area contributed by atoms with E-state index in [0.29, 0.717) is 0 Å². The van der Waals surface area contributed by atoms with E-state index >= 15 is 0 Å². The molecular formula is C34H24O4. The molecule has 0 heterocycles. The summed E-state index contributed by atoms with van der Waals surface area (Å²) >= 11 is 0. The number of esters is 2. The lowest BCUT2D eigenvalue weighted by Gasteiger charge is -2.03. The minimum absolute atomic E-state index is 0.554. The Hall–Kier alpha value is -5.32. The van der Waals surface area contributed by atoms with Crippen LogP contribution in [0.3, 0.4) is 0 Å². The first-order valence-electron chi connectivity index (χ1n) is 11.8. The molecule has 0 aliphatic carbocycles. The maximum absolute atomic E-state index is 11.2. The monoisotopic (exact) mass is 496 g/mol. The van der Waals surface area contributed by atoms with Crippen LogP contribution in [0.5, 0.6) is 0 Å². The van der Waals surface area contributed by atoms with E-state index in [0.717, 1.165) is 38.8 Å². The lowest BCUT2D eigenvalue weighted by atomic mass is 10.0. The molecule has 0 N–H and O–H groups in total. The van der Waals surface area contributed by atoms with Gasteiger partial charge in [0.25, 0.3) is 0 Å². The summed E-state index contributed by atoms with van der Waals surface area (Å²) in [4.78, 5) is 22.3. The largest absolute Gasteiger partial charge is 0.459 e. The molecule has 0 amide bonds. The number of benzene rings is 4. The number of fused-ring (bicyclic) bond motifs is 1. The number of carbonyl (C=O) groups excluding carboxylic acids is 2. The molecule has 0 aliphatic rings. The summed E-state index contributed by atoms with van der Waals surface area (Å²) in [7, 11) is 2.62. The molecule has 184 valence electrons. The van der Waals surface area contributed by atoms with Gasteiger partial charge < -0.3 is 9.47 Å². The molecule has 0 spiro atoms. The highest BCUT2D eigenvalue weighted by Gasteiger charge is 1.98. The zero-order valence-corrected chi connectivity index (χ0v) is 21.0. The summed E-state index contributed by atoms with van der Waals surface area (Å²) < 4.78 is 9.06. The van der Waals surface area contributed by atoms with Crippen molar-refractivity contribution in [3.8, 4) is 23.7 Å². The second-order valence-corrected chi connectivity index (χ2v) is 8.26. The van der Waals surface area contributed by atoms with Crippen LogP contribution in [0.1, 0.15) is 33.4 Å². The molecule has 0 radical (unpaired) electrons. The van der Waals surface area contributed by atoms with Gasteiger partial charge in [-0.2, -0.15) is 0 Å². The second-order valence-electron chi connectivity index (χ2n) is 8.26. The van der Waals surface area contributed by atoms with Gasteiger partial charge in [0.15, 0.2) is 0 Å². The molecule has 0 aliphatic heterocycles. The standard InChI is InChI=1S/C34H24O4/c1-37-33(35)21-17-27-7-3-25(4-8-27)11-13-29-15-19-31-20-16-30(24-32(31)23-29)14-12-26-5-9-28(10-6-26)18-22-34(36)38-2/h3-16,19-20,23-24H,1-2H3/b13-11-,14-12-. The van der Waals surface area contributed by atoms with Crippen LogP contribution >= 0.6 is 0 Å². The topological polar surface area (TPSA) is 52.6 Å². The van der Waals surface area contributed by atoms with Gasteiger partial charge in [0.1, 0.15) is 0 Å². The molecule has 0 saturated carbocycles. The van der Waals surface area contributed by atoms with Crippen molar-refractivity contribution in [2.24, 2.45) is 0 Å². The minimum atomic E-state index is -0.554. The molecule has 0 fully saturated rings. The van der Waals surface area contributed by atoms with Gasteiger partial charge in [-0.1, -0.05) is 84.7 Å². The fourth-order valence-electron chi connectivity index (χ4n) is 3.58. The number of methoxy groups -OCH3 is 2. The van der Waals surface area contributed by atoms with Crippen molar-refractivity contribution in [2.75, 3.05) is 14.2 Å². The van der Waals surface area contributed by atoms with Gasteiger partial charge in [-0.15, -0.1) is 0 Å². The maximum atomic E-state index is 11.2. The Balaban J connectivity index is 1.45. The number of rotatable bonds is 4. The lowest BCUT2D eigenvalue weighted by molar-refractivity contribution is -0.134. The second kappa shape index (κ2) is 12.6. The fraction of sp³-hybridized carbons (Fsp3) is 0.0588. The predicted octanol–water partition coefficient (Wildman–Crippen LogP) is 6.23. The van der Waals surface area contributed by atoms with Crippen LogP contribution in [0, 0.1) is 23.7 Å². The Labute approximate surface area is 222 Å². The Kier molecular flexibility index (Phi) is 8.53. The fourth-order valence-corrected chi connectivity index (χ4v) is 3.58. The van der Waals surface area contributed by atoms with E-state index in [-0.39, 0.29) is 0 Å². The van der Waals surface area contributed by atoms with Crippen LogP contribution in [0.25, 0.3) is 35.1 Å². The van der Waals surface area contributed by atoms with E-state index in [1.165, 1.54) is 19.6 Å². The normalized spacial score (nSPS) is 10.5. The molecule has 4 heteroatoms. The summed E-state index contributed by atoms with van der Waals surface area (Å²) in [5.41, 5.74) is 5.76. The van der Waals surface area contributed by atoms with E-state index in [9.17, 15) is 9.59 Å². The van der Waals surface area contributed by atoms with Gasteiger partial charge in [-0.25, -0.2) is 9.59 Å². The molecule has 4 aromatic rings. The van der Waals surface area contributed by atoms with Crippen LogP contribution in [0.4, 0.5) is 0 Å². The van der Waals surface area contributed by atoms with Crippen molar-refractivity contribution in [3.63, 3.8) is 0 Å². The first kappa shape index (κ1) is 25.8. The summed E-state index contributed by atoms with van der Waals surface area (Å²) in [6, 6.07) is 28.1. The van der Waals surface area contributed by atoms with Gasteiger partial charge in [0.2, 0.25) is 0 Å². The summed E-state index contributed by atoms with van der Waals surface area (Å²) in [6.07, 6.45) is 8.23. The van der Waals surface area contributed by atoms with E-state index in [2.05, 4.69) is 81.7 Å². The predicted molar refractivity (Wildman–Crippen MR) is 152 cm³/mol. The highest BCUT2D eigenvalue weighted by molar-refractivity contribution is 5.90. The van der Waals surface area contributed by atoms with Gasteiger partial charge >= 0.3 is 11.9 Å². The van der Waals surface area contributed by atoms with E-state index in [1.807, 2.05) is 60.7 Å². The van der Waals surface area contributed by atoms with E-state index in [1.54, 1.807) is 0 Å². The molecule has 0 bridgehead atoms. The Bertz CT molecular complexity index is 1530. The summed E-state index contributed by atoms with van der Waals surface area (Å²) in [5, 5.41) is 2.32. The molecule has 0 atom stereocenters. The Morgan fingerprint density at radius 1 is 0.526 bits per heavy atom. The molecule has 4 aromatic carbocycles. The average molecular weight is 497 g/mol. The molecular weight excluding hydrogens is 472 g/mol. The van der Waals surface area contributed by atoms with Crippen molar-refractivity contribution in [1.29, 1.82) is 0 Å². The summed E-state index contributed by atoms with van der Waals surface area (Å²) in [6.45, 7) is 0. The number of ether oxygens (including phenoxy) is 2. The van der Waals surface area contributed by atoms with E-state index < -0.39 is 11.9 Å². The third-order valence-corrected chi connectivity index (χ3v) is 5.63. The number of hydrogen-bond acceptors (Lipinski definition) is 4. The highest BCUT2D eigenvalue weighted by atomic mass is 16.5. The first-order valence-corrected chi connectivity index (χ1v) is 11.8. The van der Waals surface area contributed by atoms with E-state index in [4.69, 9.17) is 0 Å². The zero-order chi connectivity index (χ0) is 26.7. The number of hydrogen-bond donors (Lipinski definition) is 0. The van der Waals surface area contributed by atoms with Crippen molar-refractivity contribution < 1.29 is 19.1 Å². The summed E-state index contributed by atoms with van der Waals surface area (Å²) in [5.74, 6) is 9.30. The molecule has 0 unspecified atom stereocenters. The van der Waals surface area contributed by atoms with Crippen LogP contribution in [-0.2, 0) is 19.1 Å².